The van der Waals surface area contributed by atoms with Gasteiger partial charge in [0.25, 0.3) is 0 Å². The van der Waals surface area contributed by atoms with Crippen LogP contribution in [0.25, 0.3) is 152 Å². The van der Waals surface area contributed by atoms with E-state index in [0.717, 1.165) is 43.8 Å². The second-order valence-electron chi connectivity index (χ2n) is 16.9. The summed E-state index contributed by atoms with van der Waals surface area (Å²) in [5, 5.41) is 24.3. The number of rotatable bonds is 2. The topological polar surface area (TPSA) is 0 Å². The van der Waals surface area contributed by atoms with Crippen LogP contribution in [0.3, 0.4) is 0 Å². The van der Waals surface area contributed by atoms with E-state index in [1.54, 1.807) is 24.3 Å². The van der Waals surface area contributed by atoms with Crippen LogP contribution in [0, 0.1) is 11.6 Å². The van der Waals surface area contributed by atoms with E-state index in [9.17, 15) is 8.78 Å². The Labute approximate surface area is 341 Å². The summed E-state index contributed by atoms with van der Waals surface area (Å²) in [5.41, 5.74) is 9.29. The van der Waals surface area contributed by atoms with Gasteiger partial charge in [0.15, 0.2) is 0 Å². The van der Waals surface area contributed by atoms with Crippen molar-refractivity contribution >= 4 is 108 Å². The Hall–Kier alpha value is -7.68. The van der Waals surface area contributed by atoms with Gasteiger partial charge in [-0.25, -0.2) is 8.78 Å². The molecule has 15 rings (SSSR count). The summed E-state index contributed by atoms with van der Waals surface area (Å²) in [6.45, 7) is 0. The van der Waals surface area contributed by atoms with Crippen LogP contribution in [0.15, 0.2) is 170 Å². The van der Waals surface area contributed by atoms with Gasteiger partial charge in [0, 0.05) is 0 Å². The predicted molar refractivity (Wildman–Crippen MR) is 250 cm³/mol. The van der Waals surface area contributed by atoms with Crippen molar-refractivity contribution in [2.24, 2.45) is 0 Å². The molecule has 274 valence electrons. The second kappa shape index (κ2) is 10.7. The summed E-state index contributed by atoms with van der Waals surface area (Å²) in [4.78, 5) is 0. The molecule has 60 heavy (non-hydrogen) atoms. The molecule has 0 radical (unpaired) electrons. The van der Waals surface area contributed by atoms with Crippen molar-refractivity contribution < 1.29 is 8.78 Å². The zero-order valence-electron chi connectivity index (χ0n) is 31.9. The molecule has 14 aromatic rings. The molecule has 14 aromatic carbocycles. The molecule has 0 aliphatic heterocycles. The maximum absolute atomic E-state index is 14.8. The summed E-state index contributed by atoms with van der Waals surface area (Å²) in [5.74, 6) is -0.530. The summed E-state index contributed by atoms with van der Waals surface area (Å²) in [7, 11) is 0. The van der Waals surface area contributed by atoms with E-state index in [4.69, 9.17) is 0 Å². The highest BCUT2D eigenvalue weighted by Gasteiger charge is 2.29. The maximum atomic E-state index is 14.8. The minimum absolute atomic E-state index is 0.265. The lowest BCUT2D eigenvalue weighted by atomic mass is 9.85. The van der Waals surface area contributed by atoms with Crippen LogP contribution in [0.2, 0.25) is 0 Å². The minimum atomic E-state index is -0.265. The third-order valence-electron chi connectivity index (χ3n) is 14.1. The Bertz CT molecular complexity index is 3960. The van der Waals surface area contributed by atoms with Crippen LogP contribution in [0.5, 0.6) is 0 Å². The van der Waals surface area contributed by atoms with Crippen LogP contribution >= 0.6 is 0 Å². The fourth-order valence-corrected chi connectivity index (χ4v) is 11.8. The van der Waals surface area contributed by atoms with E-state index < -0.39 is 0 Å². The highest BCUT2D eigenvalue weighted by Crippen LogP contribution is 2.57. The zero-order valence-corrected chi connectivity index (χ0v) is 31.9. The molecule has 1 aliphatic carbocycles. The SMILES string of the molecule is Fc1ccc(-c2c3cc4c(cc3c(-c3ccc(F)cc3)c3c5ccc6c7ccc8c9c(ccc(c%10ccc(c23)c5c%106)c97)-c2ccccc2-8)c2cccc3cccc4c32)cc1. The molecule has 0 fully saturated rings. The molecule has 0 N–H and O–H groups in total. The Kier molecular flexibility index (Phi) is 5.58. The average molecular weight is 763 g/mol. The van der Waals surface area contributed by atoms with Gasteiger partial charge in [-0.1, -0.05) is 133 Å². The fourth-order valence-electron chi connectivity index (χ4n) is 11.8. The quantitative estimate of drug-likeness (QED) is 0.122. The summed E-state index contributed by atoms with van der Waals surface area (Å²) in [6.07, 6.45) is 0. The Morgan fingerprint density at radius 1 is 0.233 bits per heavy atom. The standard InChI is InChI=1S/C58H28F2/c59-32-15-11-30(12-16-32)51-48-27-46-36-9-3-5-29-6-4-10-37(50(29)36)47(46)28-49(48)52(31-13-17-33(60)18-14-31)58-45-26-24-43-41-22-20-39-35-8-2-1-7-34(35)38-19-21-40(54(41)53(38)39)42-23-25-44(57(51)58)56(45)55(42)43/h1-28H. The van der Waals surface area contributed by atoms with E-state index in [2.05, 4.69) is 121 Å². The number of halogens is 2. The van der Waals surface area contributed by atoms with E-state index in [-0.39, 0.29) is 11.6 Å². The Balaban J connectivity index is 1.19. The molecule has 0 saturated carbocycles. The number of hydrogen-bond acceptors (Lipinski definition) is 0. The lowest BCUT2D eigenvalue weighted by molar-refractivity contribution is 0.627. The second-order valence-corrected chi connectivity index (χ2v) is 16.9. The van der Waals surface area contributed by atoms with E-state index in [1.165, 1.54) is 108 Å². The number of benzene rings is 12. The molecular weight excluding hydrogens is 735 g/mol. The number of fused-ring (bicyclic) bond motifs is 12. The molecule has 0 unspecified atom stereocenters. The third-order valence-corrected chi connectivity index (χ3v) is 14.1. The molecular formula is C58H28F2. The highest BCUT2D eigenvalue weighted by molar-refractivity contribution is 6.47. The van der Waals surface area contributed by atoms with Crippen LogP contribution < -0.4 is 0 Å². The lowest BCUT2D eigenvalue weighted by Gasteiger charge is -2.17. The normalized spacial score (nSPS) is 12.8. The molecule has 2 heteroatoms. The van der Waals surface area contributed by atoms with Crippen molar-refractivity contribution in [2.45, 2.75) is 0 Å². The molecule has 0 saturated heterocycles. The van der Waals surface area contributed by atoms with E-state index in [0.29, 0.717) is 0 Å². The van der Waals surface area contributed by atoms with Gasteiger partial charge < -0.3 is 0 Å². The van der Waals surface area contributed by atoms with Gasteiger partial charge in [-0.05, 0) is 189 Å². The monoisotopic (exact) mass is 762 g/mol. The third kappa shape index (κ3) is 3.64. The van der Waals surface area contributed by atoms with Crippen molar-refractivity contribution in [2.75, 3.05) is 0 Å². The van der Waals surface area contributed by atoms with Crippen molar-refractivity contribution in [1.82, 2.24) is 0 Å². The minimum Gasteiger partial charge on any atom is -0.207 e. The Morgan fingerprint density at radius 2 is 0.633 bits per heavy atom. The van der Waals surface area contributed by atoms with Crippen LogP contribution in [0.1, 0.15) is 0 Å². The van der Waals surface area contributed by atoms with Gasteiger partial charge in [0.1, 0.15) is 11.6 Å². The Morgan fingerprint density at radius 3 is 1.12 bits per heavy atom. The first-order valence-electron chi connectivity index (χ1n) is 20.6. The van der Waals surface area contributed by atoms with Crippen LogP contribution in [-0.4, -0.2) is 0 Å². The van der Waals surface area contributed by atoms with Gasteiger partial charge in [0.2, 0.25) is 0 Å². The van der Waals surface area contributed by atoms with Crippen molar-refractivity contribution in [3.8, 4) is 44.5 Å². The van der Waals surface area contributed by atoms with Gasteiger partial charge in [0.05, 0.1) is 0 Å². The van der Waals surface area contributed by atoms with E-state index in [1.807, 2.05) is 24.3 Å². The van der Waals surface area contributed by atoms with Crippen molar-refractivity contribution in [1.29, 1.82) is 0 Å². The first-order valence-corrected chi connectivity index (χ1v) is 20.6. The molecule has 0 atom stereocenters. The molecule has 0 bridgehead atoms. The van der Waals surface area contributed by atoms with Gasteiger partial charge in [-0.3, -0.25) is 0 Å². The summed E-state index contributed by atoms with van der Waals surface area (Å²) >= 11 is 0. The maximum Gasteiger partial charge on any atom is 0.123 e. The smallest absolute Gasteiger partial charge is 0.123 e. The van der Waals surface area contributed by atoms with Gasteiger partial charge >= 0.3 is 0 Å². The molecule has 1 aliphatic rings. The lowest BCUT2D eigenvalue weighted by Crippen LogP contribution is -1.90. The molecule has 0 heterocycles. The highest BCUT2D eigenvalue weighted by atomic mass is 19.1. The molecule has 0 nitrogen and oxygen atoms in total. The predicted octanol–water partition coefficient (Wildman–Crippen LogP) is 16.8. The van der Waals surface area contributed by atoms with E-state index >= 15 is 0 Å². The van der Waals surface area contributed by atoms with Crippen LogP contribution in [-0.2, 0) is 0 Å². The molecule has 0 amide bonds. The first kappa shape index (κ1) is 31.3. The van der Waals surface area contributed by atoms with Crippen molar-refractivity contribution in [3.63, 3.8) is 0 Å². The molecule has 0 aromatic heterocycles. The fraction of sp³-hybridized carbons (Fsp3) is 0. The molecule has 0 spiro atoms. The van der Waals surface area contributed by atoms with Crippen molar-refractivity contribution in [3.05, 3.63) is 181 Å². The average Bonchev–Trinajstić information content (AvgIpc) is 3.92. The summed E-state index contributed by atoms with van der Waals surface area (Å²) < 4.78 is 29.6. The number of hydrogen-bond donors (Lipinski definition) is 0. The van der Waals surface area contributed by atoms with Crippen LogP contribution in [0.4, 0.5) is 8.78 Å². The first-order chi connectivity index (χ1) is 29.6. The summed E-state index contributed by atoms with van der Waals surface area (Å²) in [6, 6.07) is 59.3. The van der Waals surface area contributed by atoms with Gasteiger partial charge in [-0.15, -0.1) is 0 Å². The largest absolute Gasteiger partial charge is 0.207 e. The van der Waals surface area contributed by atoms with Gasteiger partial charge in [-0.2, -0.15) is 0 Å². The zero-order chi connectivity index (χ0) is 39.1.